The van der Waals surface area contributed by atoms with Gasteiger partial charge >= 0.3 is 0 Å². The van der Waals surface area contributed by atoms with Gasteiger partial charge in [0, 0.05) is 35.6 Å². The van der Waals surface area contributed by atoms with E-state index in [1.807, 2.05) is 47.8 Å². The van der Waals surface area contributed by atoms with E-state index in [-0.39, 0.29) is 5.69 Å². The summed E-state index contributed by atoms with van der Waals surface area (Å²) in [5.41, 5.74) is 3.94. The minimum absolute atomic E-state index is 0.0757. The Balaban J connectivity index is 1.81. The fourth-order valence-corrected chi connectivity index (χ4v) is 3.76. The van der Waals surface area contributed by atoms with E-state index in [4.69, 9.17) is 4.99 Å². The predicted octanol–water partition coefficient (Wildman–Crippen LogP) is 4.61. The Bertz CT molecular complexity index is 1150. The molecule has 2 aromatic heterocycles. The number of hydrogen-bond donors (Lipinski definition) is 0. The zero-order chi connectivity index (χ0) is 19.3. The van der Waals surface area contributed by atoms with Crippen molar-refractivity contribution in [1.82, 2.24) is 9.55 Å². The van der Waals surface area contributed by atoms with Gasteiger partial charge in [-0.25, -0.2) is 0 Å². The number of para-hydroxylation sites is 1. The van der Waals surface area contributed by atoms with Crippen molar-refractivity contribution < 1.29 is 4.92 Å². The first-order valence-electron chi connectivity index (χ1n) is 8.62. The lowest BCUT2D eigenvalue weighted by Crippen LogP contribution is -2.14. The lowest BCUT2D eigenvalue weighted by atomic mass is 10.1. The summed E-state index contributed by atoms with van der Waals surface area (Å²) in [4.78, 5) is 20.3. The number of nitro groups is 1. The quantitative estimate of drug-likeness (QED) is 0.370. The van der Waals surface area contributed by atoms with Crippen LogP contribution in [0.4, 0.5) is 5.69 Å². The Labute approximate surface area is 165 Å². The maximum atomic E-state index is 10.9. The van der Waals surface area contributed by atoms with Crippen molar-refractivity contribution in [3.8, 4) is 16.9 Å². The molecule has 0 amide bonds. The van der Waals surface area contributed by atoms with Crippen LogP contribution in [0.3, 0.4) is 0 Å². The molecule has 138 valence electrons. The van der Waals surface area contributed by atoms with Gasteiger partial charge in [-0.2, -0.15) is 0 Å². The second-order valence-electron chi connectivity index (χ2n) is 6.06. The Hall–Kier alpha value is -3.58. The first-order chi connectivity index (χ1) is 13.7. The first-order valence-corrected chi connectivity index (χ1v) is 9.50. The number of nitrogens with zero attached hydrogens (tertiary/aromatic N) is 4. The highest BCUT2D eigenvalue weighted by atomic mass is 32.1. The van der Waals surface area contributed by atoms with Crippen molar-refractivity contribution in [3.63, 3.8) is 0 Å². The molecular formula is C21H16N4O2S. The van der Waals surface area contributed by atoms with Crippen LogP contribution in [0.1, 0.15) is 5.56 Å². The molecule has 0 aliphatic carbocycles. The maximum absolute atomic E-state index is 10.9. The highest BCUT2D eigenvalue weighted by Crippen LogP contribution is 2.25. The van der Waals surface area contributed by atoms with Crippen LogP contribution >= 0.6 is 11.3 Å². The van der Waals surface area contributed by atoms with Gasteiger partial charge in [0.25, 0.3) is 5.69 Å². The summed E-state index contributed by atoms with van der Waals surface area (Å²) in [7, 11) is 0. The van der Waals surface area contributed by atoms with Crippen LogP contribution in [0.15, 0.2) is 89.5 Å². The lowest BCUT2D eigenvalue weighted by Gasteiger charge is -2.09. The fraction of sp³-hybridized carbons (Fsp3) is 0.0476. The number of thiazole rings is 1. The number of non-ortho nitro benzene ring substituents is 1. The fourth-order valence-electron chi connectivity index (χ4n) is 2.85. The molecule has 0 aliphatic rings. The number of hydrogen-bond acceptors (Lipinski definition) is 5. The standard InChI is InChI=1S/C21H16N4O2S/c26-25(27)19-10-8-17(9-11-19)20-15-28-21(23-14-16-5-4-12-22-13-16)24(20)18-6-2-1-3-7-18/h1-13,15H,14H2. The van der Waals surface area contributed by atoms with E-state index in [1.54, 1.807) is 24.5 Å². The molecule has 4 aromatic rings. The molecule has 6 nitrogen and oxygen atoms in total. The number of aromatic nitrogens is 2. The van der Waals surface area contributed by atoms with Gasteiger partial charge in [-0.05, 0) is 41.5 Å². The van der Waals surface area contributed by atoms with Crippen molar-refractivity contribution in [1.29, 1.82) is 0 Å². The van der Waals surface area contributed by atoms with Gasteiger partial charge in [0.1, 0.15) is 0 Å². The van der Waals surface area contributed by atoms with E-state index >= 15 is 0 Å². The minimum Gasteiger partial charge on any atom is -0.285 e. The molecule has 0 saturated heterocycles. The normalized spacial score (nSPS) is 11.5. The third kappa shape index (κ3) is 3.74. The van der Waals surface area contributed by atoms with E-state index in [2.05, 4.69) is 9.55 Å². The Morgan fingerprint density at radius 2 is 1.82 bits per heavy atom. The van der Waals surface area contributed by atoms with Gasteiger partial charge in [-0.1, -0.05) is 24.3 Å². The molecule has 2 heterocycles. The number of rotatable bonds is 5. The molecule has 0 N–H and O–H groups in total. The van der Waals surface area contributed by atoms with Crippen molar-refractivity contribution in [2.24, 2.45) is 4.99 Å². The second kappa shape index (κ2) is 7.98. The van der Waals surface area contributed by atoms with Crippen LogP contribution in [-0.2, 0) is 6.54 Å². The van der Waals surface area contributed by atoms with Crippen molar-refractivity contribution >= 4 is 17.0 Å². The maximum Gasteiger partial charge on any atom is 0.269 e. The van der Waals surface area contributed by atoms with Crippen molar-refractivity contribution in [3.05, 3.63) is 105 Å². The highest BCUT2D eigenvalue weighted by molar-refractivity contribution is 7.07. The molecule has 0 bridgehead atoms. The SMILES string of the molecule is O=[N+]([O-])c1ccc(-c2csc(=NCc3cccnc3)n2-c2ccccc2)cc1. The minimum atomic E-state index is -0.392. The summed E-state index contributed by atoms with van der Waals surface area (Å²) in [5, 5.41) is 13.0. The number of benzene rings is 2. The number of nitro benzene ring substituents is 1. The molecule has 0 atom stereocenters. The monoisotopic (exact) mass is 388 g/mol. The van der Waals surface area contributed by atoms with Gasteiger partial charge in [0.2, 0.25) is 0 Å². The summed E-state index contributed by atoms with van der Waals surface area (Å²) >= 11 is 1.54. The van der Waals surface area contributed by atoms with Crippen molar-refractivity contribution in [2.75, 3.05) is 0 Å². The zero-order valence-corrected chi connectivity index (χ0v) is 15.6. The molecule has 7 heteroatoms. The summed E-state index contributed by atoms with van der Waals surface area (Å²) in [5.74, 6) is 0. The number of pyridine rings is 1. The smallest absolute Gasteiger partial charge is 0.269 e. The second-order valence-corrected chi connectivity index (χ2v) is 6.89. The Morgan fingerprint density at radius 3 is 2.50 bits per heavy atom. The van der Waals surface area contributed by atoms with Gasteiger partial charge in [-0.3, -0.25) is 24.7 Å². The zero-order valence-electron chi connectivity index (χ0n) is 14.8. The molecule has 0 radical (unpaired) electrons. The Morgan fingerprint density at radius 1 is 1.04 bits per heavy atom. The summed E-state index contributed by atoms with van der Waals surface area (Å²) in [6.45, 7) is 0.529. The molecule has 0 spiro atoms. The van der Waals surface area contributed by atoms with Gasteiger partial charge in [-0.15, -0.1) is 11.3 Å². The van der Waals surface area contributed by atoms with Gasteiger partial charge in [0.05, 0.1) is 17.2 Å². The average molecular weight is 388 g/mol. The van der Waals surface area contributed by atoms with Crippen LogP contribution in [0.5, 0.6) is 0 Å². The van der Waals surface area contributed by atoms with E-state index < -0.39 is 4.92 Å². The highest BCUT2D eigenvalue weighted by Gasteiger charge is 2.12. The molecule has 0 unspecified atom stereocenters. The third-order valence-electron chi connectivity index (χ3n) is 4.22. The van der Waals surface area contributed by atoms with Crippen LogP contribution in [-0.4, -0.2) is 14.5 Å². The van der Waals surface area contributed by atoms with E-state index in [9.17, 15) is 10.1 Å². The summed E-state index contributed by atoms with van der Waals surface area (Å²) < 4.78 is 2.07. The third-order valence-corrected chi connectivity index (χ3v) is 5.08. The summed E-state index contributed by atoms with van der Waals surface area (Å²) in [6, 6.07) is 20.4. The van der Waals surface area contributed by atoms with Crippen molar-refractivity contribution in [2.45, 2.75) is 6.54 Å². The largest absolute Gasteiger partial charge is 0.285 e. The molecular weight excluding hydrogens is 372 g/mol. The van der Waals surface area contributed by atoms with E-state index in [0.29, 0.717) is 6.54 Å². The van der Waals surface area contributed by atoms with E-state index in [1.165, 1.54) is 23.5 Å². The predicted molar refractivity (Wildman–Crippen MR) is 109 cm³/mol. The molecule has 0 saturated carbocycles. The topological polar surface area (TPSA) is 73.3 Å². The lowest BCUT2D eigenvalue weighted by molar-refractivity contribution is -0.384. The first kappa shape index (κ1) is 17.8. The summed E-state index contributed by atoms with van der Waals surface area (Å²) in [6.07, 6.45) is 3.55. The molecule has 0 aliphatic heterocycles. The molecule has 4 rings (SSSR count). The Kier molecular flexibility index (Phi) is 5.07. The van der Waals surface area contributed by atoms with Crippen LogP contribution in [0.2, 0.25) is 0 Å². The van der Waals surface area contributed by atoms with E-state index in [0.717, 1.165) is 27.3 Å². The van der Waals surface area contributed by atoms with Gasteiger partial charge in [0.15, 0.2) is 4.80 Å². The molecule has 0 fully saturated rings. The average Bonchev–Trinajstić information content (AvgIpc) is 3.17. The van der Waals surface area contributed by atoms with Crippen LogP contribution in [0, 0.1) is 10.1 Å². The van der Waals surface area contributed by atoms with Gasteiger partial charge < -0.3 is 0 Å². The van der Waals surface area contributed by atoms with Crippen LogP contribution in [0.25, 0.3) is 16.9 Å². The molecule has 28 heavy (non-hydrogen) atoms. The van der Waals surface area contributed by atoms with Crippen LogP contribution < -0.4 is 4.80 Å². The molecule has 2 aromatic carbocycles.